The zero-order valence-electron chi connectivity index (χ0n) is 10.5. The highest BCUT2D eigenvalue weighted by Gasteiger charge is 2.32. The van der Waals surface area contributed by atoms with Crippen molar-refractivity contribution in [2.45, 2.75) is 6.18 Å². The second-order valence-electron chi connectivity index (χ2n) is 4.55. The van der Waals surface area contributed by atoms with E-state index in [1.807, 2.05) is 0 Å². The molecule has 1 aromatic heterocycles. The van der Waals surface area contributed by atoms with Crippen LogP contribution in [0.15, 0.2) is 18.3 Å². The number of amides is 1. The summed E-state index contributed by atoms with van der Waals surface area (Å²) in [5, 5.41) is 0.288. The van der Waals surface area contributed by atoms with Gasteiger partial charge in [0.25, 0.3) is 5.91 Å². The van der Waals surface area contributed by atoms with E-state index in [1.54, 1.807) is 6.07 Å². The quantitative estimate of drug-likeness (QED) is 0.785. The van der Waals surface area contributed by atoms with Crippen molar-refractivity contribution in [1.29, 1.82) is 0 Å². The van der Waals surface area contributed by atoms with Gasteiger partial charge in [-0.2, -0.15) is 13.2 Å². The third kappa shape index (κ3) is 4.08. The van der Waals surface area contributed by atoms with Gasteiger partial charge in [0.05, 0.1) is 12.1 Å². The first-order valence-corrected chi connectivity index (χ1v) is 6.43. The molecule has 0 radical (unpaired) electrons. The van der Waals surface area contributed by atoms with E-state index in [4.69, 9.17) is 11.6 Å². The Balaban J connectivity index is 1.90. The number of halogens is 4. The minimum atomic E-state index is -4.20. The van der Waals surface area contributed by atoms with Gasteiger partial charge in [0, 0.05) is 32.4 Å². The van der Waals surface area contributed by atoms with Gasteiger partial charge in [0.1, 0.15) is 5.15 Å². The van der Waals surface area contributed by atoms with Gasteiger partial charge in [-0.1, -0.05) is 11.6 Å². The number of pyridine rings is 1. The highest BCUT2D eigenvalue weighted by atomic mass is 35.5. The van der Waals surface area contributed by atoms with Crippen molar-refractivity contribution in [3.63, 3.8) is 0 Å². The van der Waals surface area contributed by atoms with Gasteiger partial charge >= 0.3 is 6.18 Å². The number of carbonyl (C=O) groups excluding carboxylic acids is 1. The monoisotopic (exact) mass is 307 g/mol. The third-order valence-electron chi connectivity index (χ3n) is 3.04. The molecule has 0 unspecified atom stereocenters. The number of carbonyl (C=O) groups is 1. The Morgan fingerprint density at radius 2 is 1.90 bits per heavy atom. The Bertz CT molecular complexity index is 470. The molecule has 0 aliphatic carbocycles. The molecule has 2 rings (SSSR count). The summed E-state index contributed by atoms with van der Waals surface area (Å²) in [5.74, 6) is -0.235. The van der Waals surface area contributed by atoms with Crippen molar-refractivity contribution in [1.82, 2.24) is 14.8 Å². The third-order valence-corrected chi connectivity index (χ3v) is 3.26. The Morgan fingerprint density at radius 3 is 2.40 bits per heavy atom. The summed E-state index contributed by atoms with van der Waals surface area (Å²) in [6.07, 6.45) is -2.83. The van der Waals surface area contributed by atoms with E-state index in [-0.39, 0.29) is 37.2 Å². The molecule has 1 aliphatic heterocycles. The van der Waals surface area contributed by atoms with Crippen molar-refractivity contribution in [2.75, 3.05) is 32.7 Å². The van der Waals surface area contributed by atoms with Crippen LogP contribution >= 0.6 is 11.6 Å². The molecule has 8 heteroatoms. The summed E-state index contributed by atoms with van der Waals surface area (Å²) < 4.78 is 36.8. The Hall–Kier alpha value is -1.34. The van der Waals surface area contributed by atoms with E-state index in [2.05, 4.69) is 4.98 Å². The molecule has 2 heterocycles. The first-order chi connectivity index (χ1) is 9.35. The Morgan fingerprint density at radius 1 is 1.25 bits per heavy atom. The van der Waals surface area contributed by atoms with Crippen LogP contribution in [0.5, 0.6) is 0 Å². The van der Waals surface area contributed by atoms with Crippen molar-refractivity contribution in [3.05, 3.63) is 29.0 Å². The first kappa shape index (κ1) is 15.1. The molecule has 1 amide bonds. The normalized spacial score (nSPS) is 17.3. The molecule has 20 heavy (non-hydrogen) atoms. The lowest BCUT2D eigenvalue weighted by Crippen LogP contribution is -2.50. The largest absolute Gasteiger partial charge is 0.401 e. The summed E-state index contributed by atoms with van der Waals surface area (Å²) in [7, 11) is 0. The second kappa shape index (κ2) is 5.97. The zero-order chi connectivity index (χ0) is 14.8. The molecule has 1 aliphatic rings. The highest BCUT2D eigenvalue weighted by molar-refractivity contribution is 6.29. The molecule has 0 bridgehead atoms. The number of aromatic nitrogens is 1. The zero-order valence-corrected chi connectivity index (χ0v) is 11.3. The van der Waals surface area contributed by atoms with E-state index in [0.717, 1.165) is 0 Å². The fourth-order valence-corrected chi connectivity index (χ4v) is 2.16. The highest BCUT2D eigenvalue weighted by Crippen LogP contribution is 2.18. The van der Waals surface area contributed by atoms with Crippen LogP contribution in [-0.2, 0) is 0 Å². The van der Waals surface area contributed by atoms with E-state index >= 15 is 0 Å². The van der Waals surface area contributed by atoms with Gasteiger partial charge in [0.15, 0.2) is 0 Å². The van der Waals surface area contributed by atoms with Crippen molar-refractivity contribution >= 4 is 17.5 Å². The lowest BCUT2D eigenvalue weighted by Gasteiger charge is -2.34. The van der Waals surface area contributed by atoms with Crippen LogP contribution in [0.4, 0.5) is 13.2 Å². The maximum atomic E-state index is 12.3. The molecule has 0 N–H and O–H groups in total. The van der Waals surface area contributed by atoms with E-state index in [0.29, 0.717) is 5.56 Å². The lowest BCUT2D eigenvalue weighted by molar-refractivity contribution is -0.148. The minimum absolute atomic E-state index is 0.215. The van der Waals surface area contributed by atoms with Crippen LogP contribution in [0.3, 0.4) is 0 Å². The van der Waals surface area contributed by atoms with Crippen LogP contribution in [0, 0.1) is 0 Å². The number of hydrogen-bond donors (Lipinski definition) is 0. The van der Waals surface area contributed by atoms with Crippen LogP contribution in [-0.4, -0.2) is 59.6 Å². The molecule has 1 saturated heterocycles. The Kier molecular flexibility index (Phi) is 4.49. The maximum Gasteiger partial charge on any atom is 0.401 e. The number of piperazine rings is 1. The number of nitrogens with zero attached hydrogens (tertiary/aromatic N) is 3. The first-order valence-electron chi connectivity index (χ1n) is 6.05. The molecule has 0 aromatic carbocycles. The maximum absolute atomic E-state index is 12.3. The number of rotatable bonds is 2. The van der Waals surface area contributed by atoms with Gasteiger partial charge < -0.3 is 4.90 Å². The van der Waals surface area contributed by atoms with Crippen LogP contribution < -0.4 is 0 Å². The molecular weight excluding hydrogens is 295 g/mol. The minimum Gasteiger partial charge on any atom is -0.336 e. The molecular formula is C12H13ClF3N3O. The van der Waals surface area contributed by atoms with Crippen LogP contribution in [0.1, 0.15) is 10.4 Å². The fraction of sp³-hybridized carbons (Fsp3) is 0.500. The summed E-state index contributed by atoms with van der Waals surface area (Å²) in [6, 6.07) is 3.06. The van der Waals surface area contributed by atoms with Crippen molar-refractivity contribution in [2.24, 2.45) is 0 Å². The van der Waals surface area contributed by atoms with Gasteiger partial charge in [-0.15, -0.1) is 0 Å². The average Bonchev–Trinajstić information content (AvgIpc) is 2.38. The Labute approximate surface area is 119 Å². The predicted octanol–water partition coefficient (Wildman–Crippen LogP) is 2.06. The fourth-order valence-electron chi connectivity index (χ4n) is 2.05. The predicted molar refractivity (Wildman–Crippen MR) is 67.6 cm³/mol. The SMILES string of the molecule is O=C(c1ccc(Cl)nc1)N1CCN(CC(F)(F)F)CC1. The van der Waals surface area contributed by atoms with Crippen molar-refractivity contribution in [3.8, 4) is 0 Å². The van der Waals surface area contributed by atoms with E-state index < -0.39 is 12.7 Å². The average molecular weight is 308 g/mol. The molecule has 110 valence electrons. The van der Waals surface area contributed by atoms with E-state index in [9.17, 15) is 18.0 Å². The number of alkyl halides is 3. The van der Waals surface area contributed by atoms with Gasteiger partial charge in [-0.25, -0.2) is 4.98 Å². The molecule has 0 spiro atoms. The lowest BCUT2D eigenvalue weighted by atomic mass is 10.2. The van der Waals surface area contributed by atoms with Gasteiger partial charge in [0.2, 0.25) is 0 Å². The standard InChI is InChI=1S/C12H13ClF3N3O/c13-10-2-1-9(7-17-10)11(20)19-5-3-18(4-6-19)8-12(14,15)16/h1-2,7H,3-6,8H2. The summed E-state index contributed by atoms with van der Waals surface area (Å²) >= 11 is 5.63. The molecule has 4 nitrogen and oxygen atoms in total. The number of hydrogen-bond acceptors (Lipinski definition) is 3. The summed E-state index contributed by atoms with van der Waals surface area (Å²) in [5.41, 5.74) is 0.388. The van der Waals surface area contributed by atoms with Gasteiger partial charge in [-0.3, -0.25) is 9.69 Å². The topological polar surface area (TPSA) is 36.4 Å². The molecule has 0 atom stereocenters. The molecule has 1 aromatic rings. The summed E-state index contributed by atoms with van der Waals surface area (Å²) in [4.78, 5) is 18.7. The smallest absolute Gasteiger partial charge is 0.336 e. The van der Waals surface area contributed by atoms with Crippen molar-refractivity contribution < 1.29 is 18.0 Å². The van der Waals surface area contributed by atoms with E-state index in [1.165, 1.54) is 22.1 Å². The second-order valence-corrected chi connectivity index (χ2v) is 4.94. The van der Waals surface area contributed by atoms with Gasteiger partial charge in [-0.05, 0) is 12.1 Å². The summed E-state index contributed by atoms with van der Waals surface area (Å²) in [6.45, 7) is 0.0468. The molecule has 1 fully saturated rings. The van der Waals surface area contributed by atoms with Crippen LogP contribution in [0.25, 0.3) is 0 Å². The van der Waals surface area contributed by atoms with Crippen LogP contribution in [0.2, 0.25) is 5.15 Å². The molecule has 0 saturated carbocycles.